The smallest absolute Gasteiger partial charge is 0.0274 e. The molecule has 0 N–H and O–H groups in total. The van der Waals surface area contributed by atoms with Crippen LogP contribution in [0, 0.1) is 27.7 Å². The second-order valence-electron chi connectivity index (χ2n) is 5.63. The largest absolute Gasteiger partial charge is 0.0654 e. The zero-order valence-corrected chi connectivity index (χ0v) is 13.7. The van der Waals surface area contributed by atoms with Crippen molar-refractivity contribution in [3.05, 3.63) is 70.3 Å². The zero-order valence-electron chi connectivity index (χ0n) is 13.7. The van der Waals surface area contributed by atoms with E-state index in [2.05, 4.69) is 77.1 Å². The van der Waals surface area contributed by atoms with Gasteiger partial charge in [-0.2, -0.15) is 0 Å². The lowest BCUT2D eigenvalue weighted by Crippen LogP contribution is -1.92. The normalized spacial score (nSPS) is 9.85. The van der Waals surface area contributed by atoms with Crippen molar-refractivity contribution < 1.29 is 0 Å². The van der Waals surface area contributed by atoms with Crippen LogP contribution >= 0.6 is 0 Å². The Morgan fingerprint density at radius 1 is 0.750 bits per heavy atom. The second kappa shape index (κ2) is 8.58. The Morgan fingerprint density at radius 3 is 1.65 bits per heavy atom. The molecule has 0 heterocycles. The third-order valence-electron chi connectivity index (χ3n) is 3.60. The molecule has 0 saturated carbocycles. The molecule has 0 aliphatic rings. The van der Waals surface area contributed by atoms with Gasteiger partial charge in [-0.15, -0.1) is 0 Å². The van der Waals surface area contributed by atoms with Gasteiger partial charge in [0.05, 0.1) is 0 Å². The van der Waals surface area contributed by atoms with E-state index in [1.807, 2.05) is 0 Å². The Morgan fingerprint density at radius 2 is 1.25 bits per heavy atom. The van der Waals surface area contributed by atoms with E-state index in [0.717, 1.165) is 0 Å². The molecule has 0 nitrogen and oxygen atoms in total. The van der Waals surface area contributed by atoms with Crippen LogP contribution < -0.4 is 0 Å². The number of hydrogen-bond donors (Lipinski definition) is 0. The third-order valence-corrected chi connectivity index (χ3v) is 3.60. The lowest BCUT2D eigenvalue weighted by atomic mass is 9.98. The van der Waals surface area contributed by atoms with Crippen molar-refractivity contribution in [2.75, 3.05) is 0 Å². The molecule has 0 amide bonds. The monoisotopic (exact) mass is 268 g/mol. The molecule has 2 aromatic rings. The van der Waals surface area contributed by atoms with E-state index >= 15 is 0 Å². The van der Waals surface area contributed by atoms with Crippen LogP contribution in [0.3, 0.4) is 0 Å². The van der Waals surface area contributed by atoms with Crippen LogP contribution in [0.25, 0.3) is 0 Å². The minimum Gasteiger partial charge on any atom is -0.0654 e. The fourth-order valence-electron chi connectivity index (χ4n) is 2.40. The van der Waals surface area contributed by atoms with Crippen molar-refractivity contribution >= 4 is 0 Å². The Hall–Kier alpha value is -1.56. The molecule has 0 spiro atoms. The lowest BCUT2D eigenvalue weighted by molar-refractivity contribution is 0.787. The molecule has 0 aliphatic carbocycles. The predicted molar refractivity (Wildman–Crippen MR) is 90.4 cm³/mol. The van der Waals surface area contributed by atoms with Crippen LogP contribution in [0.4, 0.5) is 0 Å². The fraction of sp³-hybridized carbons (Fsp3) is 0.400. The van der Waals surface area contributed by atoms with E-state index in [1.54, 1.807) is 5.56 Å². The number of benzene rings is 2. The fourth-order valence-corrected chi connectivity index (χ4v) is 2.40. The summed E-state index contributed by atoms with van der Waals surface area (Å²) in [6.07, 6.45) is 3.84. The molecule has 0 aliphatic heterocycles. The van der Waals surface area contributed by atoms with Crippen LogP contribution in [0.5, 0.6) is 0 Å². The first-order valence-corrected chi connectivity index (χ1v) is 7.63. The molecular formula is C20H28. The molecule has 0 unspecified atom stereocenters. The summed E-state index contributed by atoms with van der Waals surface area (Å²) in [5.41, 5.74) is 7.13. The van der Waals surface area contributed by atoms with Crippen LogP contribution in [-0.2, 0) is 6.42 Å². The lowest BCUT2D eigenvalue weighted by Gasteiger charge is -2.07. The molecule has 2 rings (SSSR count). The molecule has 0 bridgehead atoms. The average Bonchev–Trinajstić information content (AvgIpc) is 2.39. The van der Waals surface area contributed by atoms with E-state index < -0.39 is 0 Å². The molecular weight excluding hydrogens is 240 g/mol. The van der Waals surface area contributed by atoms with Gasteiger partial charge in [-0.05, 0) is 57.2 Å². The molecule has 20 heavy (non-hydrogen) atoms. The highest BCUT2D eigenvalue weighted by atomic mass is 14.0. The highest BCUT2D eigenvalue weighted by Gasteiger charge is 1.99. The summed E-state index contributed by atoms with van der Waals surface area (Å²) in [4.78, 5) is 0. The summed E-state index contributed by atoms with van der Waals surface area (Å²) >= 11 is 0. The van der Waals surface area contributed by atoms with Crippen LogP contribution in [0.1, 0.15) is 47.6 Å². The van der Waals surface area contributed by atoms with Gasteiger partial charge in [0, 0.05) is 0 Å². The minimum atomic E-state index is 1.25. The van der Waals surface area contributed by atoms with Crippen molar-refractivity contribution in [2.45, 2.75) is 53.9 Å². The summed E-state index contributed by atoms with van der Waals surface area (Å²) in [6, 6.07) is 15.0. The Balaban J connectivity index is 0.000000217. The maximum Gasteiger partial charge on any atom is -0.0274 e. The van der Waals surface area contributed by atoms with Gasteiger partial charge in [0.25, 0.3) is 0 Å². The summed E-state index contributed by atoms with van der Waals surface area (Å²) in [6.45, 7) is 10.9. The highest BCUT2D eigenvalue weighted by Crippen LogP contribution is 2.15. The third kappa shape index (κ3) is 5.61. The first-order valence-electron chi connectivity index (χ1n) is 7.63. The zero-order chi connectivity index (χ0) is 15.0. The first kappa shape index (κ1) is 16.5. The van der Waals surface area contributed by atoms with Crippen molar-refractivity contribution in [2.24, 2.45) is 0 Å². The van der Waals surface area contributed by atoms with Gasteiger partial charge in [-0.25, -0.2) is 0 Å². The SMILES string of the molecule is CCCCc1c(C)cccc1C.Cc1cccc(C)c1. The average molecular weight is 268 g/mol. The van der Waals surface area contributed by atoms with Gasteiger partial charge < -0.3 is 0 Å². The summed E-state index contributed by atoms with van der Waals surface area (Å²) in [5, 5.41) is 0. The van der Waals surface area contributed by atoms with E-state index in [-0.39, 0.29) is 0 Å². The molecule has 0 fully saturated rings. The molecule has 0 atom stereocenters. The van der Waals surface area contributed by atoms with Crippen LogP contribution in [-0.4, -0.2) is 0 Å². The molecule has 0 saturated heterocycles. The van der Waals surface area contributed by atoms with Gasteiger partial charge in [0.1, 0.15) is 0 Å². The van der Waals surface area contributed by atoms with E-state index in [4.69, 9.17) is 0 Å². The highest BCUT2D eigenvalue weighted by molar-refractivity contribution is 5.33. The Bertz CT molecular complexity index is 486. The summed E-state index contributed by atoms with van der Waals surface area (Å²) in [7, 11) is 0. The number of hydrogen-bond acceptors (Lipinski definition) is 0. The van der Waals surface area contributed by atoms with Crippen molar-refractivity contribution in [3.8, 4) is 0 Å². The molecule has 108 valence electrons. The Kier molecular flexibility index (Phi) is 7.08. The second-order valence-corrected chi connectivity index (χ2v) is 5.63. The maximum absolute atomic E-state index is 2.24. The first-order chi connectivity index (χ1) is 9.54. The van der Waals surface area contributed by atoms with Crippen molar-refractivity contribution in [1.29, 1.82) is 0 Å². The summed E-state index contributed by atoms with van der Waals surface area (Å²) in [5.74, 6) is 0. The predicted octanol–water partition coefficient (Wildman–Crippen LogP) is 5.95. The maximum atomic E-state index is 2.24. The van der Waals surface area contributed by atoms with Gasteiger partial charge in [-0.3, -0.25) is 0 Å². The number of rotatable bonds is 3. The van der Waals surface area contributed by atoms with Crippen molar-refractivity contribution in [1.82, 2.24) is 0 Å². The standard InChI is InChI=1S/C12H18.C8H10/c1-4-5-9-12-10(2)7-6-8-11(12)3;1-7-4-3-5-8(2)6-7/h6-8H,4-5,9H2,1-3H3;3-6H,1-2H3. The van der Waals surface area contributed by atoms with Crippen LogP contribution in [0.2, 0.25) is 0 Å². The molecule has 0 radical (unpaired) electrons. The number of aryl methyl sites for hydroxylation is 4. The molecule has 2 aromatic carbocycles. The van der Waals surface area contributed by atoms with E-state index in [1.165, 1.54) is 41.5 Å². The van der Waals surface area contributed by atoms with Crippen LogP contribution in [0.15, 0.2) is 42.5 Å². The van der Waals surface area contributed by atoms with Gasteiger partial charge in [-0.1, -0.05) is 66.9 Å². The van der Waals surface area contributed by atoms with Crippen molar-refractivity contribution in [3.63, 3.8) is 0 Å². The van der Waals surface area contributed by atoms with Gasteiger partial charge in [0.15, 0.2) is 0 Å². The Labute approximate surface area is 124 Å². The van der Waals surface area contributed by atoms with E-state index in [0.29, 0.717) is 0 Å². The molecule has 0 heteroatoms. The quantitative estimate of drug-likeness (QED) is 0.645. The number of unbranched alkanes of at least 4 members (excludes halogenated alkanes) is 1. The van der Waals surface area contributed by atoms with Gasteiger partial charge in [0.2, 0.25) is 0 Å². The van der Waals surface area contributed by atoms with Gasteiger partial charge >= 0.3 is 0 Å². The summed E-state index contributed by atoms with van der Waals surface area (Å²) < 4.78 is 0. The van der Waals surface area contributed by atoms with E-state index in [9.17, 15) is 0 Å². The topological polar surface area (TPSA) is 0 Å². The minimum absolute atomic E-state index is 1.25. The molecule has 0 aromatic heterocycles.